The van der Waals surface area contributed by atoms with Gasteiger partial charge in [0.15, 0.2) is 0 Å². The van der Waals surface area contributed by atoms with Gasteiger partial charge < -0.3 is 0 Å². The second-order valence-electron chi connectivity index (χ2n) is 13.0. The number of aromatic nitrogens is 4. The van der Waals surface area contributed by atoms with Gasteiger partial charge in [0.25, 0.3) is 0 Å². The first-order valence-electron chi connectivity index (χ1n) is 17.2. The van der Waals surface area contributed by atoms with Gasteiger partial charge in [0, 0.05) is 55.4 Å². The summed E-state index contributed by atoms with van der Waals surface area (Å²) in [5.74, 6) is 0. The largest absolute Gasteiger partial charge is 0.295 e. The maximum atomic E-state index is 5.23. The Labute approximate surface area is 298 Å². The summed E-state index contributed by atoms with van der Waals surface area (Å²) in [4.78, 5) is 7.75. The molecule has 0 spiro atoms. The van der Waals surface area contributed by atoms with Crippen LogP contribution in [0.1, 0.15) is 0 Å². The van der Waals surface area contributed by atoms with Crippen LogP contribution in [0.4, 0.5) is 0 Å². The fourth-order valence-electron chi connectivity index (χ4n) is 7.99. The van der Waals surface area contributed by atoms with Crippen molar-refractivity contribution >= 4 is 55.6 Å². The molecule has 238 valence electrons. The summed E-state index contributed by atoms with van der Waals surface area (Å²) in [6, 6.07) is 60.9. The van der Waals surface area contributed by atoms with Gasteiger partial charge in [-0.05, 0) is 53.6 Å². The molecule has 0 saturated carbocycles. The average molecular weight is 670 g/mol. The molecule has 0 atom stereocenters. The maximum Gasteiger partial charge on any atom is 0.237 e. The Hall–Kier alpha value is -6.43. The highest BCUT2D eigenvalue weighted by molar-refractivity contribution is 7.99. The Morgan fingerprint density at radius 1 is 0.549 bits per heavy atom. The van der Waals surface area contributed by atoms with Crippen LogP contribution < -0.4 is 4.57 Å². The lowest BCUT2D eigenvalue weighted by Gasteiger charge is -2.22. The van der Waals surface area contributed by atoms with Crippen molar-refractivity contribution in [3.8, 4) is 39.4 Å². The van der Waals surface area contributed by atoms with Crippen LogP contribution in [0.2, 0.25) is 0 Å². The number of nitrogens with zero attached hydrogens (tertiary/aromatic N) is 4. The van der Waals surface area contributed by atoms with Crippen LogP contribution in [0.3, 0.4) is 0 Å². The zero-order valence-electron chi connectivity index (χ0n) is 27.4. The number of rotatable bonds is 4. The minimum atomic E-state index is 0.931. The number of fused-ring (bicyclic) bond motifs is 8. The molecule has 5 heteroatoms. The SMILES string of the molecule is c1ccc(-n2c3ccccc3c3c4cccc5c4n(c32)-c2cc(-c3ccccc3-c3c[n+](-c4ccccc4)c4ccccc4n3)ccc2S5)cc1. The molecule has 4 heterocycles. The van der Waals surface area contributed by atoms with E-state index in [0.717, 1.165) is 44.8 Å². The van der Waals surface area contributed by atoms with Crippen molar-refractivity contribution in [1.29, 1.82) is 0 Å². The number of benzene rings is 7. The zero-order chi connectivity index (χ0) is 33.5. The molecule has 0 N–H and O–H groups in total. The van der Waals surface area contributed by atoms with Crippen molar-refractivity contribution < 1.29 is 4.57 Å². The maximum absolute atomic E-state index is 5.23. The molecule has 0 radical (unpaired) electrons. The molecule has 0 aliphatic carbocycles. The van der Waals surface area contributed by atoms with Gasteiger partial charge >= 0.3 is 0 Å². The molecule has 0 bridgehead atoms. The highest BCUT2D eigenvalue weighted by atomic mass is 32.2. The van der Waals surface area contributed by atoms with Gasteiger partial charge in [-0.1, -0.05) is 121 Å². The van der Waals surface area contributed by atoms with Crippen LogP contribution >= 0.6 is 11.8 Å². The molecular formula is C46H29N4S+. The standard InChI is InChI=1S/C46H29N4S/c1-3-14-31(15-4-1)48-29-38(47-37-22-10-12-24-40(37)48)34-19-8-7-18-33(34)30-26-27-42-41(28-30)50-45-36(21-13-25-43(45)51-42)44-35-20-9-11-23-39(35)49(46(44)50)32-16-5-2-6-17-32/h1-29H/q+1. The molecule has 3 aromatic heterocycles. The Kier molecular flexibility index (Phi) is 6.15. The van der Waals surface area contributed by atoms with Gasteiger partial charge in [-0.2, -0.15) is 4.57 Å². The third kappa shape index (κ3) is 4.22. The fourth-order valence-corrected chi connectivity index (χ4v) is 9.06. The van der Waals surface area contributed by atoms with E-state index in [1.165, 1.54) is 48.3 Å². The van der Waals surface area contributed by atoms with E-state index in [-0.39, 0.29) is 0 Å². The molecule has 0 saturated heterocycles. The van der Waals surface area contributed by atoms with Crippen LogP contribution in [0.25, 0.3) is 83.3 Å². The lowest BCUT2D eigenvalue weighted by atomic mass is 9.97. The smallest absolute Gasteiger partial charge is 0.237 e. The summed E-state index contributed by atoms with van der Waals surface area (Å²) < 4.78 is 7.21. The normalized spacial score (nSPS) is 12.2. The first kappa shape index (κ1) is 28.4. The van der Waals surface area contributed by atoms with Crippen molar-refractivity contribution in [2.45, 2.75) is 9.79 Å². The van der Waals surface area contributed by atoms with Crippen molar-refractivity contribution in [2.75, 3.05) is 0 Å². The van der Waals surface area contributed by atoms with Gasteiger partial charge in [0.05, 0.1) is 16.7 Å². The predicted molar refractivity (Wildman–Crippen MR) is 209 cm³/mol. The van der Waals surface area contributed by atoms with E-state index in [1.807, 2.05) is 11.8 Å². The van der Waals surface area contributed by atoms with E-state index in [4.69, 9.17) is 4.98 Å². The molecule has 0 fully saturated rings. The molecule has 0 unspecified atom stereocenters. The summed E-state index contributed by atoms with van der Waals surface area (Å²) in [7, 11) is 0. The summed E-state index contributed by atoms with van der Waals surface area (Å²) in [5, 5.41) is 3.83. The number of hydrogen-bond acceptors (Lipinski definition) is 2. The highest BCUT2D eigenvalue weighted by Gasteiger charge is 2.28. The van der Waals surface area contributed by atoms with Gasteiger partial charge in [0.1, 0.15) is 16.9 Å². The van der Waals surface area contributed by atoms with Crippen LogP contribution in [-0.2, 0) is 0 Å². The minimum absolute atomic E-state index is 0.931. The van der Waals surface area contributed by atoms with Gasteiger partial charge in [0.2, 0.25) is 17.4 Å². The second-order valence-corrected chi connectivity index (χ2v) is 14.1. The van der Waals surface area contributed by atoms with Gasteiger partial charge in [-0.15, -0.1) is 0 Å². The number of hydrogen-bond donors (Lipinski definition) is 0. The van der Waals surface area contributed by atoms with Gasteiger partial charge in [-0.25, -0.2) is 4.98 Å². The quantitative estimate of drug-likeness (QED) is 0.174. The van der Waals surface area contributed by atoms with E-state index < -0.39 is 0 Å². The monoisotopic (exact) mass is 669 g/mol. The van der Waals surface area contributed by atoms with E-state index in [9.17, 15) is 0 Å². The highest BCUT2D eigenvalue weighted by Crippen LogP contribution is 2.50. The molecule has 10 aromatic rings. The Morgan fingerprint density at radius 2 is 1.27 bits per heavy atom. The molecule has 7 aromatic carbocycles. The second kappa shape index (κ2) is 11.0. The first-order chi connectivity index (χ1) is 25.3. The summed E-state index contributed by atoms with van der Waals surface area (Å²) in [5.41, 5.74) is 13.5. The molecule has 4 nitrogen and oxygen atoms in total. The van der Waals surface area contributed by atoms with Gasteiger partial charge in [-0.3, -0.25) is 9.13 Å². The Balaban J connectivity index is 1.17. The molecular weight excluding hydrogens is 641 g/mol. The molecule has 1 aliphatic heterocycles. The van der Waals surface area contributed by atoms with E-state index in [0.29, 0.717) is 0 Å². The first-order valence-corrected chi connectivity index (χ1v) is 18.0. The third-order valence-corrected chi connectivity index (χ3v) is 11.3. The Morgan fingerprint density at radius 3 is 2.16 bits per heavy atom. The minimum Gasteiger partial charge on any atom is -0.295 e. The van der Waals surface area contributed by atoms with E-state index in [2.05, 4.69) is 190 Å². The Bertz CT molecular complexity index is 2990. The summed E-state index contributed by atoms with van der Waals surface area (Å²) in [6.45, 7) is 0. The van der Waals surface area contributed by atoms with Crippen LogP contribution in [0.5, 0.6) is 0 Å². The lowest BCUT2D eigenvalue weighted by molar-refractivity contribution is -0.567. The lowest BCUT2D eigenvalue weighted by Crippen LogP contribution is -2.32. The van der Waals surface area contributed by atoms with Crippen molar-refractivity contribution in [1.82, 2.24) is 14.1 Å². The van der Waals surface area contributed by atoms with Crippen LogP contribution in [-0.4, -0.2) is 14.1 Å². The molecule has 11 rings (SSSR count). The predicted octanol–water partition coefficient (Wildman–Crippen LogP) is 11.4. The van der Waals surface area contributed by atoms with Crippen molar-refractivity contribution in [2.24, 2.45) is 0 Å². The fraction of sp³-hybridized carbons (Fsp3) is 0. The van der Waals surface area contributed by atoms with Crippen LogP contribution in [0.15, 0.2) is 186 Å². The molecule has 51 heavy (non-hydrogen) atoms. The van der Waals surface area contributed by atoms with E-state index >= 15 is 0 Å². The molecule has 1 aliphatic rings. The van der Waals surface area contributed by atoms with E-state index in [1.54, 1.807) is 0 Å². The van der Waals surface area contributed by atoms with Crippen LogP contribution in [0, 0.1) is 0 Å². The zero-order valence-corrected chi connectivity index (χ0v) is 28.3. The summed E-state index contributed by atoms with van der Waals surface area (Å²) >= 11 is 1.86. The third-order valence-electron chi connectivity index (χ3n) is 10.2. The topological polar surface area (TPSA) is 26.6 Å². The van der Waals surface area contributed by atoms with Crippen molar-refractivity contribution in [3.63, 3.8) is 0 Å². The van der Waals surface area contributed by atoms with Crippen molar-refractivity contribution in [3.05, 3.63) is 176 Å². The summed E-state index contributed by atoms with van der Waals surface area (Å²) in [6.07, 6.45) is 2.18. The average Bonchev–Trinajstić information content (AvgIpc) is 3.72. The number of para-hydroxylation sites is 6. The molecule has 0 amide bonds.